The Bertz CT molecular complexity index is 958. The highest BCUT2D eigenvalue weighted by atomic mass is 35.5. The average molecular weight is 394 g/mol. The van der Waals surface area contributed by atoms with Crippen LogP contribution in [-0.2, 0) is 6.42 Å². The summed E-state index contributed by atoms with van der Waals surface area (Å²) in [6, 6.07) is 17.6. The fourth-order valence-electron chi connectivity index (χ4n) is 3.09. The Morgan fingerprint density at radius 1 is 1.11 bits per heavy atom. The number of halogens is 1. The molecule has 1 heterocycles. The number of pyridine rings is 1. The van der Waals surface area contributed by atoms with E-state index in [1.54, 1.807) is 17.3 Å². The third kappa shape index (κ3) is 5.11. The molecule has 2 aromatic carbocycles. The van der Waals surface area contributed by atoms with E-state index in [2.05, 4.69) is 10.3 Å². The fraction of sp³-hybridized carbons (Fsp3) is 0.217. The van der Waals surface area contributed by atoms with Crippen LogP contribution in [0.3, 0.4) is 0 Å². The molecule has 0 saturated carbocycles. The van der Waals surface area contributed by atoms with Gasteiger partial charge in [-0.3, -0.25) is 9.78 Å². The zero-order valence-corrected chi connectivity index (χ0v) is 16.9. The molecule has 0 saturated heterocycles. The molecule has 0 aliphatic heterocycles. The van der Waals surface area contributed by atoms with Gasteiger partial charge >= 0.3 is 0 Å². The van der Waals surface area contributed by atoms with E-state index in [1.807, 2.05) is 68.4 Å². The second-order valence-electron chi connectivity index (χ2n) is 6.66. The molecule has 1 N–H and O–H groups in total. The fourth-order valence-corrected chi connectivity index (χ4v) is 3.31. The lowest BCUT2D eigenvalue weighted by Gasteiger charge is -2.21. The molecule has 144 valence electrons. The molecule has 0 atom stereocenters. The summed E-state index contributed by atoms with van der Waals surface area (Å²) < 4.78 is 0. The van der Waals surface area contributed by atoms with Crippen molar-refractivity contribution >= 4 is 28.9 Å². The van der Waals surface area contributed by atoms with Crippen molar-refractivity contribution in [2.75, 3.05) is 23.3 Å². The molecule has 3 rings (SSSR count). The predicted molar refractivity (Wildman–Crippen MR) is 116 cm³/mol. The number of benzene rings is 2. The average Bonchev–Trinajstić information content (AvgIpc) is 2.69. The summed E-state index contributed by atoms with van der Waals surface area (Å²) in [6.07, 6.45) is 4.18. The number of anilines is 2. The normalized spacial score (nSPS) is 10.5. The van der Waals surface area contributed by atoms with E-state index in [0.717, 1.165) is 40.5 Å². The second-order valence-corrected chi connectivity index (χ2v) is 7.09. The van der Waals surface area contributed by atoms with Crippen molar-refractivity contribution in [3.8, 4) is 0 Å². The summed E-state index contributed by atoms with van der Waals surface area (Å²) in [5.74, 6) is -0.0564. The third-order valence-corrected chi connectivity index (χ3v) is 4.73. The van der Waals surface area contributed by atoms with Gasteiger partial charge in [-0.05, 0) is 61.7 Å². The van der Waals surface area contributed by atoms with Gasteiger partial charge in [0.25, 0.3) is 5.91 Å². The van der Waals surface area contributed by atoms with E-state index < -0.39 is 0 Å². The van der Waals surface area contributed by atoms with E-state index in [0.29, 0.717) is 12.1 Å². The van der Waals surface area contributed by atoms with Crippen molar-refractivity contribution in [3.63, 3.8) is 0 Å². The minimum Gasteiger partial charge on any atom is -0.383 e. The monoisotopic (exact) mass is 393 g/mol. The molecule has 0 aliphatic carbocycles. The molecular weight excluding hydrogens is 370 g/mol. The van der Waals surface area contributed by atoms with Gasteiger partial charge in [0, 0.05) is 36.2 Å². The molecule has 28 heavy (non-hydrogen) atoms. The first-order valence-electron chi connectivity index (χ1n) is 9.38. The van der Waals surface area contributed by atoms with Gasteiger partial charge in [0.15, 0.2) is 0 Å². The maximum atomic E-state index is 13.0. The first kappa shape index (κ1) is 19.9. The number of aromatic nitrogens is 1. The molecule has 5 heteroatoms. The van der Waals surface area contributed by atoms with Gasteiger partial charge < -0.3 is 10.2 Å². The number of amides is 1. The van der Waals surface area contributed by atoms with Gasteiger partial charge in [-0.1, -0.05) is 35.9 Å². The van der Waals surface area contributed by atoms with Gasteiger partial charge in [0.2, 0.25) is 0 Å². The summed E-state index contributed by atoms with van der Waals surface area (Å²) in [5.41, 5.74) is 4.58. The topological polar surface area (TPSA) is 45.2 Å². The van der Waals surface area contributed by atoms with Gasteiger partial charge in [0.1, 0.15) is 0 Å². The highest BCUT2D eigenvalue weighted by Gasteiger charge is 2.17. The van der Waals surface area contributed by atoms with Crippen molar-refractivity contribution in [1.29, 1.82) is 0 Å². The number of nitrogens with zero attached hydrogens (tertiary/aromatic N) is 2. The quantitative estimate of drug-likeness (QED) is 0.587. The molecule has 0 spiro atoms. The van der Waals surface area contributed by atoms with Crippen molar-refractivity contribution in [2.24, 2.45) is 0 Å². The van der Waals surface area contributed by atoms with Crippen LogP contribution < -0.4 is 10.2 Å². The van der Waals surface area contributed by atoms with Crippen LogP contribution in [0.25, 0.3) is 0 Å². The molecule has 1 amide bonds. The van der Waals surface area contributed by atoms with Crippen LogP contribution in [0.4, 0.5) is 11.4 Å². The van der Waals surface area contributed by atoms with Crippen molar-refractivity contribution in [3.05, 3.63) is 88.7 Å². The number of hydrogen-bond donors (Lipinski definition) is 1. The number of rotatable bonds is 7. The lowest BCUT2D eigenvalue weighted by atomic mass is 10.1. The Labute approximate surface area is 171 Å². The van der Waals surface area contributed by atoms with Crippen LogP contribution in [0.5, 0.6) is 0 Å². The maximum absolute atomic E-state index is 13.0. The van der Waals surface area contributed by atoms with Crippen LogP contribution in [0.1, 0.15) is 28.4 Å². The largest absolute Gasteiger partial charge is 0.383 e. The maximum Gasteiger partial charge on any atom is 0.259 e. The number of hydrogen-bond acceptors (Lipinski definition) is 3. The Hall–Kier alpha value is -2.85. The van der Waals surface area contributed by atoms with Crippen LogP contribution in [0, 0.1) is 6.92 Å². The highest BCUT2D eigenvalue weighted by molar-refractivity contribution is 6.30. The van der Waals surface area contributed by atoms with E-state index in [9.17, 15) is 4.79 Å². The van der Waals surface area contributed by atoms with E-state index >= 15 is 0 Å². The lowest BCUT2D eigenvalue weighted by Crippen LogP contribution is -2.30. The minimum atomic E-state index is -0.0564. The Morgan fingerprint density at radius 2 is 1.93 bits per heavy atom. The van der Waals surface area contributed by atoms with E-state index in [-0.39, 0.29) is 5.91 Å². The first-order chi connectivity index (χ1) is 13.6. The van der Waals surface area contributed by atoms with Crippen LogP contribution in [-0.4, -0.2) is 24.0 Å². The SMILES string of the molecule is CCN(C(=O)c1cncc(NCCc2cccc(Cl)c2)c1)c1cccc(C)c1. The summed E-state index contributed by atoms with van der Waals surface area (Å²) in [4.78, 5) is 19.0. The van der Waals surface area contributed by atoms with E-state index in [4.69, 9.17) is 11.6 Å². The minimum absolute atomic E-state index is 0.0564. The molecule has 0 radical (unpaired) electrons. The van der Waals surface area contributed by atoms with Crippen LogP contribution >= 0.6 is 11.6 Å². The number of carbonyl (C=O) groups excluding carboxylic acids is 1. The molecule has 0 unspecified atom stereocenters. The Balaban J connectivity index is 1.68. The smallest absolute Gasteiger partial charge is 0.259 e. The first-order valence-corrected chi connectivity index (χ1v) is 9.76. The molecule has 4 nitrogen and oxygen atoms in total. The van der Waals surface area contributed by atoms with Gasteiger partial charge in [-0.15, -0.1) is 0 Å². The summed E-state index contributed by atoms with van der Waals surface area (Å²) in [5, 5.41) is 4.08. The van der Waals surface area contributed by atoms with Crippen LogP contribution in [0.2, 0.25) is 5.02 Å². The summed E-state index contributed by atoms with van der Waals surface area (Å²) >= 11 is 6.03. The lowest BCUT2D eigenvalue weighted by molar-refractivity contribution is 0.0988. The van der Waals surface area contributed by atoms with Gasteiger partial charge in [-0.2, -0.15) is 0 Å². The molecule has 0 aliphatic rings. The third-order valence-electron chi connectivity index (χ3n) is 4.49. The predicted octanol–water partition coefficient (Wildman–Crippen LogP) is 5.36. The standard InChI is InChI=1S/C23H24ClN3O/c1-3-27(22-9-4-6-17(2)12-22)23(28)19-14-21(16-25-15-19)26-11-10-18-7-5-8-20(24)13-18/h4-9,12-16,26H,3,10-11H2,1-2H3. The van der Waals surface area contributed by atoms with Crippen molar-refractivity contribution < 1.29 is 4.79 Å². The number of nitrogens with one attached hydrogen (secondary N) is 1. The molecule has 3 aromatic rings. The Morgan fingerprint density at radius 3 is 2.68 bits per heavy atom. The molecular formula is C23H24ClN3O. The van der Waals surface area contributed by atoms with Crippen molar-refractivity contribution in [2.45, 2.75) is 20.3 Å². The molecule has 0 fully saturated rings. The Kier molecular flexibility index (Phi) is 6.66. The molecule has 1 aromatic heterocycles. The number of aryl methyl sites for hydroxylation is 1. The zero-order valence-electron chi connectivity index (χ0n) is 16.2. The second kappa shape index (κ2) is 9.38. The summed E-state index contributed by atoms with van der Waals surface area (Å²) in [6.45, 7) is 5.32. The molecule has 0 bridgehead atoms. The number of carbonyl (C=O) groups is 1. The van der Waals surface area contributed by atoms with Gasteiger partial charge in [0.05, 0.1) is 11.3 Å². The van der Waals surface area contributed by atoms with Crippen molar-refractivity contribution in [1.82, 2.24) is 4.98 Å². The van der Waals surface area contributed by atoms with Crippen LogP contribution in [0.15, 0.2) is 67.0 Å². The summed E-state index contributed by atoms with van der Waals surface area (Å²) in [7, 11) is 0. The zero-order chi connectivity index (χ0) is 19.9. The highest BCUT2D eigenvalue weighted by Crippen LogP contribution is 2.20. The van der Waals surface area contributed by atoms with E-state index in [1.165, 1.54) is 0 Å². The van der Waals surface area contributed by atoms with Gasteiger partial charge in [-0.25, -0.2) is 0 Å².